The van der Waals surface area contributed by atoms with E-state index in [1.54, 1.807) is 42.5 Å². The van der Waals surface area contributed by atoms with Gasteiger partial charge in [-0.25, -0.2) is 4.39 Å². The van der Waals surface area contributed by atoms with Crippen molar-refractivity contribution in [2.45, 2.75) is 13.5 Å². The summed E-state index contributed by atoms with van der Waals surface area (Å²) in [5.74, 6) is -0.189. The molecular weight excluding hydrogens is 494 g/mol. The van der Waals surface area contributed by atoms with Crippen LogP contribution in [-0.4, -0.2) is 5.91 Å². The lowest BCUT2D eigenvalue weighted by atomic mass is 10.1. The van der Waals surface area contributed by atoms with Gasteiger partial charge in [-0.3, -0.25) is 4.79 Å². The zero-order valence-corrected chi connectivity index (χ0v) is 18.3. The minimum absolute atomic E-state index is 0.00548. The van der Waals surface area contributed by atoms with Gasteiger partial charge in [0.25, 0.3) is 5.91 Å². The number of para-hydroxylation sites is 1. The van der Waals surface area contributed by atoms with E-state index in [0.717, 1.165) is 9.13 Å². The van der Waals surface area contributed by atoms with Crippen LogP contribution < -0.4 is 10.1 Å². The Labute approximate surface area is 188 Å². The molecule has 0 aliphatic heterocycles. The van der Waals surface area contributed by atoms with Gasteiger partial charge in [0.1, 0.15) is 29.8 Å². The molecule has 3 aromatic rings. The average molecular weight is 512 g/mol. The number of nitrogens with zero attached hydrogens (tertiary/aromatic N) is 1. The highest BCUT2D eigenvalue weighted by Gasteiger charge is 2.12. The number of nitriles is 1. The predicted octanol–water partition coefficient (Wildman–Crippen LogP) is 5.86. The summed E-state index contributed by atoms with van der Waals surface area (Å²) in [4.78, 5) is 12.5. The monoisotopic (exact) mass is 512 g/mol. The Kier molecular flexibility index (Phi) is 7.20. The summed E-state index contributed by atoms with van der Waals surface area (Å²) < 4.78 is 20.2. The Morgan fingerprint density at radius 3 is 2.60 bits per heavy atom. The van der Waals surface area contributed by atoms with E-state index >= 15 is 0 Å². The van der Waals surface area contributed by atoms with Crippen molar-refractivity contribution in [2.75, 3.05) is 5.32 Å². The number of halogens is 2. The number of rotatable bonds is 6. The van der Waals surface area contributed by atoms with E-state index in [2.05, 4.69) is 27.9 Å². The maximum Gasteiger partial charge on any atom is 0.266 e. The molecule has 0 bridgehead atoms. The van der Waals surface area contributed by atoms with Gasteiger partial charge >= 0.3 is 0 Å². The van der Waals surface area contributed by atoms with Crippen LogP contribution in [0, 0.1) is 27.6 Å². The Hall–Kier alpha value is -3.18. The lowest BCUT2D eigenvalue weighted by Gasteiger charge is -2.10. The van der Waals surface area contributed by atoms with Crippen LogP contribution in [-0.2, 0) is 11.4 Å². The fourth-order valence-corrected chi connectivity index (χ4v) is 3.41. The van der Waals surface area contributed by atoms with Crippen LogP contribution in [0.4, 0.5) is 10.1 Å². The molecule has 0 fully saturated rings. The number of hydrogen-bond acceptors (Lipinski definition) is 3. The van der Waals surface area contributed by atoms with Gasteiger partial charge in [0.2, 0.25) is 0 Å². The van der Waals surface area contributed by atoms with Crippen molar-refractivity contribution in [2.24, 2.45) is 0 Å². The summed E-state index contributed by atoms with van der Waals surface area (Å²) in [7, 11) is 0. The van der Waals surface area contributed by atoms with Crippen LogP contribution in [0.3, 0.4) is 0 Å². The molecule has 0 atom stereocenters. The summed E-state index contributed by atoms with van der Waals surface area (Å²) in [6, 6.07) is 21.1. The molecule has 3 aromatic carbocycles. The van der Waals surface area contributed by atoms with E-state index in [-0.39, 0.29) is 18.0 Å². The molecule has 0 unspecified atom stereocenters. The topological polar surface area (TPSA) is 62.1 Å². The summed E-state index contributed by atoms with van der Waals surface area (Å²) >= 11 is 2.11. The van der Waals surface area contributed by atoms with Crippen molar-refractivity contribution < 1.29 is 13.9 Å². The Balaban J connectivity index is 1.73. The summed E-state index contributed by atoms with van der Waals surface area (Å²) in [6.07, 6.45) is 1.52. The maximum absolute atomic E-state index is 13.7. The largest absolute Gasteiger partial charge is 0.488 e. The highest BCUT2D eigenvalue weighted by atomic mass is 127. The maximum atomic E-state index is 13.7. The van der Waals surface area contributed by atoms with Gasteiger partial charge in [-0.2, -0.15) is 5.26 Å². The first-order valence-corrected chi connectivity index (χ1v) is 10.2. The van der Waals surface area contributed by atoms with Crippen LogP contribution in [0.5, 0.6) is 5.75 Å². The third-order valence-electron chi connectivity index (χ3n) is 4.37. The van der Waals surface area contributed by atoms with E-state index in [0.29, 0.717) is 22.6 Å². The molecule has 6 heteroatoms. The predicted molar refractivity (Wildman–Crippen MR) is 123 cm³/mol. The molecule has 1 N–H and O–H groups in total. The van der Waals surface area contributed by atoms with Gasteiger partial charge in [0.05, 0.1) is 3.57 Å². The molecule has 30 heavy (non-hydrogen) atoms. The molecule has 4 nitrogen and oxygen atoms in total. The van der Waals surface area contributed by atoms with E-state index in [1.807, 2.05) is 31.2 Å². The van der Waals surface area contributed by atoms with Crippen LogP contribution in [0.2, 0.25) is 0 Å². The average Bonchev–Trinajstić information content (AvgIpc) is 2.74. The Morgan fingerprint density at radius 1 is 1.17 bits per heavy atom. The molecule has 0 spiro atoms. The van der Waals surface area contributed by atoms with Crippen molar-refractivity contribution >= 4 is 40.3 Å². The highest BCUT2D eigenvalue weighted by molar-refractivity contribution is 14.1. The zero-order chi connectivity index (χ0) is 21.5. The van der Waals surface area contributed by atoms with Crippen LogP contribution in [0.25, 0.3) is 6.08 Å². The van der Waals surface area contributed by atoms with E-state index in [4.69, 9.17) is 4.74 Å². The number of carbonyl (C=O) groups excluding carboxylic acids is 1. The number of hydrogen-bond donors (Lipinski definition) is 1. The lowest BCUT2D eigenvalue weighted by molar-refractivity contribution is -0.112. The quantitative estimate of drug-likeness (QED) is 0.256. The van der Waals surface area contributed by atoms with Gasteiger partial charge in [0.15, 0.2) is 0 Å². The van der Waals surface area contributed by atoms with Crippen molar-refractivity contribution in [1.29, 1.82) is 5.26 Å². The molecule has 0 saturated carbocycles. The van der Waals surface area contributed by atoms with Crippen LogP contribution >= 0.6 is 22.6 Å². The summed E-state index contributed by atoms with van der Waals surface area (Å²) in [6.45, 7) is 1.99. The SMILES string of the molecule is Cc1ccccc1NC(=O)/C(C#N)=C\c1ccc(OCc2ccccc2F)c(I)c1. The summed E-state index contributed by atoms with van der Waals surface area (Å²) in [5.41, 5.74) is 2.73. The first-order valence-electron chi connectivity index (χ1n) is 9.12. The number of anilines is 1. The Bertz CT molecular complexity index is 1150. The molecular formula is C24H18FIN2O2. The standard InChI is InChI=1S/C24H18FIN2O2/c1-16-6-2-5-9-22(16)28-24(29)19(14-27)12-17-10-11-23(21(26)13-17)30-15-18-7-3-4-8-20(18)25/h2-13H,15H2,1H3,(H,28,29)/b19-12-. The van der Waals surface area contributed by atoms with E-state index in [1.165, 1.54) is 12.1 Å². The smallest absolute Gasteiger partial charge is 0.266 e. The second kappa shape index (κ2) is 10.0. The summed E-state index contributed by atoms with van der Waals surface area (Å²) in [5, 5.41) is 12.2. The van der Waals surface area contributed by atoms with Gasteiger partial charge in [0, 0.05) is 11.3 Å². The number of benzene rings is 3. The number of nitrogens with one attached hydrogen (secondary N) is 1. The normalized spacial score (nSPS) is 10.9. The first-order chi connectivity index (χ1) is 14.5. The van der Waals surface area contributed by atoms with Crippen molar-refractivity contribution in [1.82, 2.24) is 0 Å². The number of carbonyl (C=O) groups is 1. The molecule has 0 radical (unpaired) electrons. The molecule has 0 aromatic heterocycles. The molecule has 1 amide bonds. The number of aryl methyl sites for hydroxylation is 1. The highest BCUT2D eigenvalue weighted by Crippen LogP contribution is 2.25. The van der Waals surface area contributed by atoms with E-state index < -0.39 is 5.91 Å². The lowest BCUT2D eigenvalue weighted by Crippen LogP contribution is -2.14. The van der Waals surface area contributed by atoms with Crippen molar-refractivity contribution in [3.05, 3.63) is 98.4 Å². The minimum Gasteiger partial charge on any atom is -0.488 e. The first kappa shape index (κ1) is 21.5. The fraction of sp³-hybridized carbons (Fsp3) is 0.0833. The van der Waals surface area contributed by atoms with Crippen LogP contribution in [0.1, 0.15) is 16.7 Å². The molecule has 3 rings (SSSR count). The zero-order valence-electron chi connectivity index (χ0n) is 16.2. The minimum atomic E-state index is -0.471. The van der Waals surface area contributed by atoms with Gasteiger partial charge in [-0.05, 0) is 71.0 Å². The van der Waals surface area contributed by atoms with Gasteiger partial charge in [-0.15, -0.1) is 0 Å². The van der Waals surface area contributed by atoms with Crippen molar-refractivity contribution in [3.63, 3.8) is 0 Å². The van der Waals surface area contributed by atoms with Gasteiger partial charge < -0.3 is 10.1 Å². The molecule has 0 aliphatic rings. The van der Waals surface area contributed by atoms with Gasteiger partial charge in [-0.1, -0.05) is 42.5 Å². The second-order valence-electron chi connectivity index (χ2n) is 6.51. The molecule has 150 valence electrons. The van der Waals surface area contributed by atoms with Crippen LogP contribution in [0.15, 0.2) is 72.3 Å². The van der Waals surface area contributed by atoms with E-state index in [9.17, 15) is 14.4 Å². The molecule has 0 heterocycles. The molecule has 0 aliphatic carbocycles. The fourth-order valence-electron chi connectivity index (χ4n) is 2.71. The molecule has 0 saturated heterocycles. The Morgan fingerprint density at radius 2 is 1.90 bits per heavy atom. The number of ether oxygens (including phenoxy) is 1. The third kappa shape index (κ3) is 5.45. The number of amides is 1. The third-order valence-corrected chi connectivity index (χ3v) is 5.21. The van der Waals surface area contributed by atoms with Crippen molar-refractivity contribution in [3.8, 4) is 11.8 Å². The second-order valence-corrected chi connectivity index (χ2v) is 7.67.